The molecule has 0 heterocycles. The van der Waals surface area contributed by atoms with Gasteiger partial charge >= 0.3 is 403 Å². The van der Waals surface area contributed by atoms with Crippen LogP contribution in [0.25, 0.3) is 0 Å². The second kappa shape index (κ2) is 31.3. The van der Waals surface area contributed by atoms with E-state index >= 15 is 0 Å². The molecule has 0 atom stereocenters. The van der Waals surface area contributed by atoms with E-state index in [1.807, 2.05) is 0 Å². The molecule has 0 radical (unpaired) electrons. The summed E-state index contributed by atoms with van der Waals surface area (Å²) in [4.78, 5) is 50.6. The van der Waals surface area contributed by atoms with E-state index in [0.717, 1.165) is 120 Å². The van der Waals surface area contributed by atoms with Gasteiger partial charge in [0.15, 0.2) is 0 Å². The maximum atomic E-state index is 14.3. The molecule has 0 N–H and O–H groups in total. The number of benzene rings is 2. The Labute approximate surface area is 399 Å². The van der Waals surface area contributed by atoms with Crippen molar-refractivity contribution >= 4 is 100 Å². The third-order valence-electron chi connectivity index (χ3n) is 11.6. The second-order valence-corrected chi connectivity index (χ2v) is 64.0. The number of carbonyl (C=O) groups excluding carboxylic acids is 2. The van der Waals surface area contributed by atoms with Crippen LogP contribution in [-0.4, -0.2) is 98.6 Å². The number of nitro groups is 2. The average Bonchev–Trinajstić information content (AvgIpc) is 3.28. The zero-order valence-electron chi connectivity index (χ0n) is 40.0. The molecule has 0 bridgehead atoms. The van der Waals surface area contributed by atoms with Crippen molar-refractivity contribution < 1.29 is 29.8 Å². The molecule has 2 aromatic carbocycles. The van der Waals surface area contributed by atoms with Crippen molar-refractivity contribution in [2.75, 3.05) is 0 Å². The molecule has 13 nitrogen and oxygen atoms in total. The van der Waals surface area contributed by atoms with E-state index in [9.17, 15) is 29.8 Å². The van der Waals surface area contributed by atoms with Gasteiger partial charge in [0.05, 0.1) is 0 Å². The van der Waals surface area contributed by atoms with Crippen molar-refractivity contribution in [3.05, 3.63) is 79.9 Å². The van der Waals surface area contributed by atoms with Crippen molar-refractivity contribution in [1.29, 1.82) is 0 Å². The standard InChI is InChI=1S/2C7H5NO4.8C4H9.3O.4Sn/c2*9-7(10)5-1-3-6(4-2-5)8(11)12;8*1-3-4-2;;;;;;;/h2*1-4H,(H,9,10);8*1,3-4H2,2H3;;;;;;;/q;;;;;;;;;;;;;;;2*+1/p-2. The fraction of sp³-hybridized carbons (Fsp3) is 0.696. The van der Waals surface area contributed by atoms with E-state index in [1.165, 1.54) is 48.5 Å². The van der Waals surface area contributed by atoms with Crippen LogP contribution in [0.4, 0.5) is 11.4 Å². The average molecular weight is 1310 g/mol. The van der Waals surface area contributed by atoms with Gasteiger partial charge in [-0.1, -0.05) is 0 Å². The van der Waals surface area contributed by atoms with Crippen LogP contribution < -0.4 is 0 Å². The molecule has 2 aromatic rings. The summed E-state index contributed by atoms with van der Waals surface area (Å²) in [6.45, 7) is 17.4. The van der Waals surface area contributed by atoms with E-state index in [1.54, 1.807) is 0 Å². The summed E-state index contributed by atoms with van der Waals surface area (Å²) in [6, 6.07) is 11.4. The quantitative estimate of drug-likeness (QED) is 0.0362. The number of nitro benzene ring substituents is 2. The van der Waals surface area contributed by atoms with Gasteiger partial charge in [-0.15, -0.1) is 0 Å². The van der Waals surface area contributed by atoms with Crippen molar-refractivity contribution in [2.45, 2.75) is 194 Å². The Hall–Kier alpha value is -0.745. The Morgan fingerprint density at radius 2 is 0.603 bits per heavy atom. The van der Waals surface area contributed by atoms with Crippen molar-refractivity contribution in [3.63, 3.8) is 0 Å². The molecule has 2 rings (SSSR count). The van der Waals surface area contributed by atoms with E-state index in [2.05, 4.69) is 55.4 Å². The number of nitrogens with zero attached hydrogens (tertiary/aromatic N) is 2. The fourth-order valence-corrected chi connectivity index (χ4v) is 121. The van der Waals surface area contributed by atoms with E-state index in [0.29, 0.717) is 17.7 Å². The Kier molecular flexibility index (Phi) is 29.0. The summed E-state index contributed by atoms with van der Waals surface area (Å²) in [5, 5.41) is 23.0. The Balaban J connectivity index is 2.96. The third kappa shape index (κ3) is 20.2. The first-order chi connectivity index (χ1) is 30.2. The Bertz CT molecular complexity index is 1500. The Morgan fingerprint density at radius 3 is 0.810 bits per heavy atom. The number of hydrogen-bond donors (Lipinski definition) is 0. The summed E-state index contributed by atoms with van der Waals surface area (Å²) < 4.78 is 44.3. The molecule has 0 amide bonds. The summed E-state index contributed by atoms with van der Waals surface area (Å²) in [6.07, 6.45) is 14.7. The van der Waals surface area contributed by atoms with Crippen LogP contribution in [-0.2, 0) is 10.4 Å². The SMILES string of the molecule is CCC[CH2][Sn]([CH2]CCC)([O]C(=O)c1ccc([N+](=O)[O-])cc1)[O][Sn]([CH2]CCC)([CH2]CCC)[O][Sn]([CH2]CCC)([CH2]CCC)[O][Sn]([CH2]CCC)([CH2]CCC)[O]C(=O)c1ccc([N+](=O)[O-])cc1. The molecule has 0 fully saturated rings. The first kappa shape index (κ1) is 58.4. The van der Waals surface area contributed by atoms with Gasteiger partial charge in [0.1, 0.15) is 0 Å². The molecule has 0 aliphatic carbocycles. The second-order valence-electron chi connectivity index (χ2n) is 17.2. The predicted molar refractivity (Wildman–Crippen MR) is 261 cm³/mol. The number of non-ortho nitro benzene ring substituents is 2. The number of unbranched alkanes of at least 4 members (excludes halogenated alkanes) is 8. The van der Waals surface area contributed by atoms with Crippen LogP contribution in [0.3, 0.4) is 0 Å². The zero-order chi connectivity index (χ0) is 46.8. The van der Waals surface area contributed by atoms with Crippen molar-refractivity contribution in [1.82, 2.24) is 0 Å². The van der Waals surface area contributed by atoms with E-state index < -0.39 is 98.6 Å². The summed E-state index contributed by atoms with van der Waals surface area (Å²) in [5.41, 5.74) is 0.395. The maximum absolute atomic E-state index is 14.3. The van der Waals surface area contributed by atoms with E-state index in [-0.39, 0.29) is 22.5 Å². The summed E-state index contributed by atoms with van der Waals surface area (Å²) in [7, 11) is 0. The van der Waals surface area contributed by atoms with Crippen molar-refractivity contribution in [2.24, 2.45) is 0 Å². The van der Waals surface area contributed by atoms with Gasteiger partial charge in [-0.2, -0.15) is 0 Å². The van der Waals surface area contributed by atoms with Crippen LogP contribution in [0.1, 0.15) is 179 Å². The van der Waals surface area contributed by atoms with Gasteiger partial charge in [-0.05, 0) is 0 Å². The van der Waals surface area contributed by atoms with Crippen LogP contribution in [0, 0.1) is 20.2 Å². The predicted octanol–water partition coefficient (Wildman–Crippen LogP) is 14.7. The summed E-state index contributed by atoms with van der Waals surface area (Å²) >= 11 is -17.6. The van der Waals surface area contributed by atoms with Gasteiger partial charge < -0.3 is 0 Å². The molecule has 0 saturated carbocycles. The van der Waals surface area contributed by atoms with Gasteiger partial charge in [0.25, 0.3) is 0 Å². The van der Waals surface area contributed by atoms with Crippen molar-refractivity contribution in [3.8, 4) is 0 Å². The molecule has 63 heavy (non-hydrogen) atoms. The first-order valence-electron chi connectivity index (χ1n) is 24.3. The summed E-state index contributed by atoms with van der Waals surface area (Å²) in [5.74, 6) is -0.954. The molecular weight excluding hydrogens is 1230 g/mol. The normalized spacial score (nSPS) is 12.3. The number of hydrogen-bond acceptors (Lipinski definition) is 11. The van der Waals surface area contributed by atoms with Crippen LogP contribution in [0.5, 0.6) is 0 Å². The molecule has 0 aliphatic rings. The molecule has 0 aliphatic heterocycles. The van der Waals surface area contributed by atoms with Gasteiger partial charge in [-0.25, -0.2) is 0 Å². The topological polar surface area (TPSA) is 167 Å². The minimum absolute atomic E-state index is 0.0852. The van der Waals surface area contributed by atoms with Crippen LogP contribution >= 0.6 is 0 Å². The first-order valence-corrected chi connectivity index (χ1v) is 49.7. The monoisotopic (exact) mass is 1320 g/mol. The minimum atomic E-state index is -4.42. The van der Waals surface area contributed by atoms with Gasteiger partial charge in [0.2, 0.25) is 0 Å². The molecule has 356 valence electrons. The molecular formula is C46H80N2O11Sn4. The molecule has 0 saturated heterocycles. The number of rotatable bonds is 36. The molecule has 0 aromatic heterocycles. The van der Waals surface area contributed by atoms with Gasteiger partial charge in [0, 0.05) is 0 Å². The fourth-order valence-electron chi connectivity index (χ4n) is 7.88. The van der Waals surface area contributed by atoms with Crippen LogP contribution in [0.2, 0.25) is 35.5 Å². The molecule has 0 spiro atoms. The van der Waals surface area contributed by atoms with Gasteiger partial charge in [-0.3, -0.25) is 0 Å². The van der Waals surface area contributed by atoms with E-state index in [4.69, 9.17) is 10.4 Å². The third-order valence-corrected chi connectivity index (χ3v) is 89.3. The van der Waals surface area contributed by atoms with Crippen LogP contribution in [0.15, 0.2) is 48.5 Å². The Morgan fingerprint density at radius 1 is 0.397 bits per heavy atom. The zero-order valence-corrected chi connectivity index (χ0v) is 51.4. The number of carbonyl (C=O) groups is 2. The molecule has 0 unspecified atom stereocenters. The molecule has 17 heteroatoms.